The van der Waals surface area contributed by atoms with Crippen LogP contribution in [0, 0.1) is 13.8 Å². The molecule has 4 heterocycles. The van der Waals surface area contributed by atoms with Crippen LogP contribution in [0.5, 0.6) is 5.75 Å². The predicted octanol–water partition coefficient (Wildman–Crippen LogP) is 5.30. The highest BCUT2D eigenvalue weighted by Gasteiger charge is 2.65. The summed E-state index contributed by atoms with van der Waals surface area (Å²) < 4.78 is 12.6. The molecule has 194 valence electrons. The van der Waals surface area contributed by atoms with Gasteiger partial charge in [0.05, 0.1) is 27.8 Å². The minimum Gasteiger partial charge on any atom is -0.494 e. The Morgan fingerprint density at radius 2 is 1.79 bits per heavy atom. The first kappa shape index (κ1) is 23.6. The Kier molecular flexibility index (Phi) is 4.84. The monoisotopic (exact) mass is 537 g/mol. The number of nitrogens with zero attached hydrogens (tertiary/aromatic N) is 3. The summed E-state index contributed by atoms with van der Waals surface area (Å²) in [7, 11) is 1.65. The van der Waals surface area contributed by atoms with Crippen molar-refractivity contribution in [1.82, 2.24) is 4.98 Å². The first-order chi connectivity index (χ1) is 18.8. The molecule has 9 heteroatoms. The number of hydrogen-bond donors (Lipinski definition) is 0. The van der Waals surface area contributed by atoms with Crippen molar-refractivity contribution in [3.8, 4) is 5.75 Å². The van der Waals surface area contributed by atoms with Crippen LogP contribution in [-0.4, -0.2) is 30.5 Å². The number of benzene rings is 3. The Balaban J connectivity index is 1.58. The van der Waals surface area contributed by atoms with E-state index < -0.39 is 22.8 Å². The Morgan fingerprint density at radius 1 is 1.03 bits per heavy atom. The summed E-state index contributed by atoms with van der Waals surface area (Å²) in [6.07, 6.45) is 0. The highest BCUT2D eigenvalue weighted by molar-refractivity contribution is 7.22. The Hall–Kier alpha value is -4.50. The summed E-state index contributed by atoms with van der Waals surface area (Å²) in [5.41, 5.74) is 1.84. The summed E-state index contributed by atoms with van der Waals surface area (Å²) in [5, 5.41) is 0.626. The van der Waals surface area contributed by atoms with Crippen LogP contribution in [0.15, 0.2) is 63.8 Å². The molecule has 0 saturated heterocycles. The van der Waals surface area contributed by atoms with Gasteiger partial charge in [-0.15, -0.1) is 0 Å². The molecule has 0 radical (unpaired) electrons. The van der Waals surface area contributed by atoms with Crippen LogP contribution in [-0.2, 0) is 10.3 Å². The lowest BCUT2D eigenvalue weighted by atomic mass is 9.84. The molecule has 2 aliphatic rings. The number of carbonyl (C=O) groups is 2. The number of thiazole rings is 1. The van der Waals surface area contributed by atoms with Crippen LogP contribution >= 0.6 is 11.3 Å². The lowest BCUT2D eigenvalue weighted by Crippen LogP contribution is -2.53. The normalized spacial score (nSPS) is 18.1. The van der Waals surface area contributed by atoms with Gasteiger partial charge in [0.25, 0.3) is 11.8 Å². The number of anilines is 2. The summed E-state index contributed by atoms with van der Waals surface area (Å²) in [6.45, 7) is 6.25. The van der Waals surface area contributed by atoms with E-state index in [1.807, 2.05) is 51.1 Å². The summed E-state index contributed by atoms with van der Waals surface area (Å²) in [6, 6.07) is 16.3. The molecule has 39 heavy (non-hydrogen) atoms. The third-order valence-corrected chi connectivity index (χ3v) is 8.72. The smallest absolute Gasteiger partial charge is 0.297 e. The zero-order chi connectivity index (χ0) is 27.2. The Labute approximate surface area is 227 Å². The molecular weight excluding hydrogens is 514 g/mol. The van der Waals surface area contributed by atoms with E-state index in [2.05, 4.69) is 0 Å². The van der Waals surface area contributed by atoms with Crippen LogP contribution in [0.25, 0.3) is 21.2 Å². The molecule has 1 atom stereocenters. The van der Waals surface area contributed by atoms with E-state index in [9.17, 15) is 14.4 Å². The topological polar surface area (TPSA) is 93.0 Å². The van der Waals surface area contributed by atoms with Crippen molar-refractivity contribution < 1.29 is 18.7 Å². The quantitative estimate of drug-likeness (QED) is 0.310. The zero-order valence-electron chi connectivity index (χ0n) is 21.7. The van der Waals surface area contributed by atoms with Gasteiger partial charge in [0.1, 0.15) is 11.3 Å². The van der Waals surface area contributed by atoms with Gasteiger partial charge in [-0.25, -0.2) is 4.98 Å². The Morgan fingerprint density at radius 3 is 2.59 bits per heavy atom. The fourth-order valence-corrected chi connectivity index (χ4v) is 6.81. The third kappa shape index (κ3) is 2.93. The van der Waals surface area contributed by atoms with Gasteiger partial charge in [-0.2, -0.15) is 0 Å². The van der Waals surface area contributed by atoms with Gasteiger partial charge in [0, 0.05) is 18.3 Å². The van der Waals surface area contributed by atoms with Crippen molar-refractivity contribution in [2.75, 3.05) is 23.5 Å². The number of para-hydroxylation sites is 1. The van der Waals surface area contributed by atoms with E-state index in [1.165, 1.54) is 21.1 Å². The number of aromatic nitrogens is 1. The zero-order valence-corrected chi connectivity index (χ0v) is 22.5. The number of amides is 2. The molecule has 7 rings (SSSR count). The molecule has 2 amide bonds. The van der Waals surface area contributed by atoms with Crippen molar-refractivity contribution in [1.29, 1.82) is 0 Å². The molecule has 0 fully saturated rings. The maximum Gasteiger partial charge on any atom is 0.297 e. The minimum atomic E-state index is -1.75. The van der Waals surface area contributed by atoms with Crippen molar-refractivity contribution >= 4 is 55.2 Å². The van der Waals surface area contributed by atoms with E-state index in [0.717, 1.165) is 15.8 Å². The number of fused-ring (bicyclic) bond motifs is 6. The lowest BCUT2D eigenvalue weighted by molar-refractivity contribution is -0.121. The second-order valence-corrected chi connectivity index (χ2v) is 10.9. The van der Waals surface area contributed by atoms with Crippen molar-refractivity contribution in [3.05, 3.63) is 92.8 Å². The van der Waals surface area contributed by atoms with Gasteiger partial charge in [0.15, 0.2) is 16.1 Å². The molecule has 1 unspecified atom stereocenters. The number of carbonyl (C=O) groups excluding carboxylic acids is 2. The highest BCUT2D eigenvalue weighted by Crippen LogP contribution is 2.54. The second-order valence-electron chi connectivity index (χ2n) is 9.86. The maximum absolute atomic E-state index is 14.4. The van der Waals surface area contributed by atoms with Crippen LogP contribution in [0.3, 0.4) is 0 Å². The number of aryl methyl sites for hydroxylation is 2. The molecule has 8 nitrogen and oxygen atoms in total. The second kappa shape index (κ2) is 8.00. The van der Waals surface area contributed by atoms with Gasteiger partial charge in [-0.05, 0) is 68.3 Å². The van der Waals surface area contributed by atoms with Crippen LogP contribution in [0.4, 0.5) is 10.8 Å². The van der Waals surface area contributed by atoms with Crippen molar-refractivity contribution in [2.45, 2.75) is 26.3 Å². The lowest BCUT2D eigenvalue weighted by Gasteiger charge is -2.31. The summed E-state index contributed by atoms with van der Waals surface area (Å²) in [4.78, 5) is 50.5. The minimum absolute atomic E-state index is 0.0271. The fraction of sp³-hybridized carbons (Fsp3) is 0.200. The van der Waals surface area contributed by atoms with Gasteiger partial charge < -0.3 is 14.1 Å². The average Bonchev–Trinajstić information content (AvgIpc) is 3.52. The average molecular weight is 538 g/mol. The number of ether oxygens (including phenoxy) is 1. The molecule has 2 aliphatic heterocycles. The standard InChI is InChI=1S/C30H23N3O5S/c1-5-37-17-10-11-20-23(14-17)39-29(31-20)33-27(35)26-24(25(34)18-12-15(2)16(3)13-22(18)38-26)30(33)19-8-6-7-9-21(19)32(4)28(30)36/h6-14H,5H2,1-4H3. The first-order valence-corrected chi connectivity index (χ1v) is 13.4. The van der Waals surface area contributed by atoms with Gasteiger partial charge in [-0.1, -0.05) is 29.5 Å². The molecule has 0 aliphatic carbocycles. The number of likely N-dealkylation sites (N-methyl/N-ethyl adjacent to an activating group) is 1. The van der Waals surface area contributed by atoms with E-state index in [-0.39, 0.29) is 11.3 Å². The molecular formula is C30H23N3O5S. The number of rotatable bonds is 3. The summed E-state index contributed by atoms with van der Waals surface area (Å²) in [5.74, 6) is -0.449. The highest BCUT2D eigenvalue weighted by atomic mass is 32.1. The van der Waals surface area contributed by atoms with E-state index in [0.29, 0.717) is 45.2 Å². The molecule has 3 aromatic carbocycles. The summed E-state index contributed by atoms with van der Waals surface area (Å²) >= 11 is 1.26. The molecule has 0 bridgehead atoms. The van der Waals surface area contributed by atoms with E-state index in [1.54, 1.807) is 31.3 Å². The Bertz CT molecular complexity index is 1960. The largest absolute Gasteiger partial charge is 0.494 e. The molecule has 5 aromatic rings. The van der Waals surface area contributed by atoms with Crippen molar-refractivity contribution in [2.24, 2.45) is 0 Å². The van der Waals surface area contributed by atoms with Gasteiger partial charge in [-0.3, -0.25) is 19.3 Å². The molecule has 0 N–H and O–H groups in total. The van der Waals surface area contributed by atoms with Crippen LogP contribution in [0.2, 0.25) is 0 Å². The predicted molar refractivity (Wildman–Crippen MR) is 150 cm³/mol. The van der Waals surface area contributed by atoms with E-state index >= 15 is 0 Å². The van der Waals surface area contributed by atoms with Gasteiger partial charge in [0.2, 0.25) is 5.76 Å². The third-order valence-electron chi connectivity index (χ3n) is 7.72. The van der Waals surface area contributed by atoms with Crippen LogP contribution in [0.1, 0.15) is 39.7 Å². The molecule has 1 spiro atoms. The SMILES string of the molecule is CCOc1ccc2nc(N3C(=O)c4oc5cc(C)c(C)cc5c(=O)c4C34C(=O)N(C)c3ccccc34)sc2c1. The first-order valence-electron chi connectivity index (χ1n) is 12.6. The van der Waals surface area contributed by atoms with E-state index in [4.69, 9.17) is 14.1 Å². The molecule has 0 saturated carbocycles. The van der Waals surface area contributed by atoms with Crippen molar-refractivity contribution in [3.63, 3.8) is 0 Å². The van der Waals surface area contributed by atoms with Crippen LogP contribution < -0.4 is 20.0 Å². The molecule has 2 aromatic heterocycles. The van der Waals surface area contributed by atoms with Gasteiger partial charge >= 0.3 is 0 Å². The number of hydrogen-bond acceptors (Lipinski definition) is 7. The fourth-order valence-electron chi connectivity index (χ4n) is 5.77. The maximum atomic E-state index is 14.4.